The van der Waals surface area contributed by atoms with E-state index in [4.69, 9.17) is 4.74 Å². The van der Waals surface area contributed by atoms with E-state index in [0.29, 0.717) is 12.1 Å². The summed E-state index contributed by atoms with van der Waals surface area (Å²) in [7, 11) is 0. The number of benzene rings is 3. The zero-order valence-corrected chi connectivity index (χ0v) is 21.0. The monoisotopic (exact) mass is 467 g/mol. The molecule has 0 radical (unpaired) electrons. The van der Waals surface area contributed by atoms with Gasteiger partial charge in [0.25, 0.3) is 5.56 Å². The summed E-state index contributed by atoms with van der Waals surface area (Å²) in [4.78, 5) is 26.1. The number of hydrogen-bond donors (Lipinski definition) is 0. The Morgan fingerprint density at radius 3 is 2.31 bits per heavy atom. The first-order chi connectivity index (χ1) is 16.8. The SMILES string of the molecule is CCCCc1cc2ccccc2c(=O)n1Cc1ccc(-c2ccccc2C(=O)OC(C)(C)C)cc1. The van der Waals surface area contributed by atoms with Crippen molar-refractivity contribution in [2.75, 3.05) is 0 Å². The van der Waals surface area contributed by atoms with Crippen LogP contribution >= 0.6 is 0 Å². The first-order valence-corrected chi connectivity index (χ1v) is 12.3. The number of ether oxygens (including phenoxy) is 1. The predicted molar refractivity (Wildman–Crippen MR) is 143 cm³/mol. The number of pyridine rings is 1. The molecule has 4 nitrogen and oxygen atoms in total. The number of esters is 1. The molecule has 4 rings (SSSR count). The second-order valence-corrected chi connectivity index (χ2v) is 9.96. The van der Waals surface area contributed by atoms with Gasteiger partial charge in [-0.15, -0.1) is 0 Å². The highest BCUT2D eigenvalue weighted by atomic mass is 16.6. The molecule has 0 unspecified atom stereocenters. The van der Waals surface area contributed by atoms with Gasteiger partial charge in [0.2, 0.25) is 0 Å². The fourth-order valence-corrected chi connectivity index (χ4v) is 4.31. The van der Waals surface area contributed by atoms with E-state index < -0.39 is 5.60 Å². The molecule has 0 saturated carbocycles. The lowest BCUT2D eigenvalue weighted by Gasteiger charge is -2.20. The lowest BCUT2D eigenvalue weighted by atomic mass is 9.98. The number of carbonyl (C=O) groups is 1. The molecule has 4 heteroatoms. The van der Waals surface area contributed by atoms with Crippen molar-refractivity contribution in [3.05, 3.63) is 106 Å². The number of fused-ring (bicyclic) bond motifs is 1. The van der Waals surface area contributed by atoms with Crippen LogP contribution in [0.15, 0.2) is 83.7 Å². The first-order valence-electron chi connectivity index (χ1n) is 12.3. The summed E-state index contributed by atoms with van der Waals surface area (Å²) in [6.07, 6.45) is 2.99. The van der Waals surface area contributed by atoms with Crippen molar-refractivity contribution in [2.24, 2.45) is 0 Å². The van der Waals surface area contributed by atoms with Crippen molar-refractivity contribution in [1.82, 2.24) is 4.57 Å². The van der Waals surface area contributed by atoms with Crippen LogP contribution in [0.25, 0.3) is 21.9 Å². The number of rotatable bonds is 7. The molecule has 180 valence electrons. The molecule has 0 fully saturated rings. The highest BCUT2D eigenvalue weighted by molar-refractivity contribution is 5.97. The van der Waals surface area contributed by atoms with Crippen molar-refractivity contribution in [2.45, 2.75) is 59.1 Å². The predicted octanol–water partition coefficient (Wildman–Crippen LogP) is 7.01. The van der Waals surface area contributed by atoms with E-state index in [-0.39, 0.29) is 11.5 Å². The number of aromatic nitrogens is 1. The lowest BCUT2D eigenvalue weighted by molar-refractivity contribution is 0.00704. The Hall–Kier alpha value is -3.66. The maximum Gasteiger partial charge on any atom is 0.339 e. The topological polar surface area (TPSA) is 48.3 Å². The summed E-state index contributed by atoms with van der Waals surface area (Å²) in [5.41, 5.74) is 3.91. The molecule has 0 saturated heterocycles. The van der Waals surface area contributed by atoms with Crippen LogP contribution < -0.4 is 5.56 Å². The Balaban J connectivity index is 1.66. The molecule has 3 aromatic carbocycles. The maximum absolute atomic E-state index is 13.4. The van der Waals surface area contributed by atoms with E-state index in [0.717, 1.165) is 52.4 Å². The average Bonchev–Trinajstić information content (AvgIpc) is 2.84. The van der Waals surface area contributed by atoms with E-state index >= 15 is 0 Å². The van der Waals surface area contributed by atoms with E-state index in [1.165, 1.54) is 0 Å². The van der Waals surface area contributed by atoms with E-state index in [1.807, 2.05) is 92.1 Å². The van der Waals surface area contributed by atoms with Crippen LogP contribution in [0.5, 0.6) is 0 Å². The van der Waals surface area contributed by atoms with Crippen molar-refractivity contribution < 1.29 is 9.53 Å². The van der Waals surface area contributed by atoms with Crippen molar-refractivity contribution in [1.29, 1.82) is 0 Å². The molecule has 0 bridgehead atoms. The fourth-order valence-electron chi connectivity index (χ4n) is 4.31. The third-order valence-corrected chi connectivity index (χ3v) is 6.04. The van der Waals surface area contributed by atoms with Gasteiger partial charge in [-0.2, -0.15) is 0 Å². The standard InChI is InChI=1S/C31H33NO3/c1-5-6-12-25-20-24-11-7-8-14-27(24)29(33)32(25)21-22-16-18-23(19-17-22)26-13-9-10-15-28(26)30(34)35-31(2,3)4/h7-11,13-20H,5-6,12,21H2,1-4H3. The van der Waals surface area contributed by atoms with E-state index in [1.54, 1.807) is 6.07 Å². The van der Waals surface area contributed by atoms with Crippen molar-refractivity contribution in [3.8, 4) is 11.1 Å². The lowest BCUT2D eigenvalue weighted by Crippen LogP contribution is -2.24. The Morgan fingerprint density at radius 2 is 1.60 bits per heavy atom. The zero-order chi connectivity index (χ0) is 25.0. The summed E-state index contributed by atoms with van der Waals surface area (Å²) in [5.74, 6) is -0.333. The van der Waals surface area contributed by atoms with Gasteiger partial charge in [0, 0.05) is 11.1 Å². The molecule has 1 heterocycles. The van der Waals surface area contributed by atoms with Crippen molar-refractivity contribution in [3.63, 3.8) is 0 Å². The second kappa shape index (κ2) is 10.3. The van der Waals surface area contributed by atoms with Crippen LogP contribution in [0.3, 0.4) is 0 Å². The van der Waals surface area contributed by atoms with Gasteiger partial charge in [0.15, 0.2) is 0 Å². The van der Waals surface area contributed by atoms with Crippen LogP contribution in [0.2, 0.25) is 0 Å². The van der Waals surface area contributed by atoms with E-state index in [2.05, 4.69) is 13.0 Å². The summed E-state index contributed by atoms with van der Waals surface area (Å²) in [5, 5.41) is 1.74. The Labute approximate surface area is 207 Å². The zero-order valence-electron chi connectivity index (χ0n) is 21.0. The average molecular weight is 468 g/mol. The molecule has 0 aliphatic rings. The molecule has 35 heavy (non-hydrogen) atoms. The number of nitrogens with zero attached hydrogens (tertiary/aromatic N) is 1. The molecule has 0 amide bonds. The molecular formula is C31H33NO3. The van der Waals surface area contributed by atoms with E-state index in [9.17, 15) is 9.59 Å². The molecule has 0 atom stereocenters. The van der Waals surface area contributed by atoms with Crippen LogP contribution in [0.1, 0.15) is 62.2 Å². The molecular weight excluding hydrogens is 434 g/mol. The minimum absolute atomic E-state index is 0.0496. The van der Waals surface area contributed by atoms with Gasteiger partial charge in [-0.05, 0) is 73.9 Å². The van der Waals surface area contributed by atoms with Gasteiger partial charge < -0.3 is 9.30 Å². The summed E-state index contributed by atoms with van der Waals surface area (Å²) in [6, 6.07) is 25.5. The molecule has 0 aliphatic heterocycles. The third-order valence-electron chi connectivity index (χ3n) is 6.04. The highest BCUT2D eigenvalue weighted by Gasteiger charge is 2.20. The highest BCUT2D eigenvalue weighted by Crippen LogP contribution is 2.26. The Morgan fingerprint density at radius 1 is 0.914 bits per heavy atom. The first kappa shape index (κ1) is 24.5. The van der Waals surface area contributed by atoms with Crippen LogP contribution in [0, 0.1) is 0 Å². The minimum atomic E-state index is -0.559. The summed E-state index contributed by atoms with van der Waals surface area (Å²) >= 11 is 0. The van der Waals surface area contributed by atoms with Crippen LogP contribution in [-0.4, -0.2) is 16.1 Å². The van der Waals surface area contributed by atoms with Crippen LogP contribution in [-0.2, 0) is 17.7 Å². The summed E-state index contributed by atoms with van der Waals surface area (Å²) in [6.45, 7) is 8.28. The van der Waals surface area contributed by atoms with Gasteiger partial charge >= 0.3 is 5.97 Å². The third kappa shape index (κ3) is 5.71. The van der Waals surface area contributed by atoms with Gasteiger partial charge in [-0.25, -0.2) is 4.79 Å². The molecule has 0 aliphatic carbocycles. The molecule has 0 spiro atoms. The number of aryl methyl sites for hydroxylation is 1. The quantitative estimate of drug-likeness (QED) is 0.275. The van der Waals surface area contributed by atoms with Gasteiger partial charge in [-0.3, -0.25) is 4.79 Å². The maximum atomic E-state index is 13.4. The smallest absolute Gasteiger partial charge is 0.339 e. The molecule has 4 aromatic rings. The minimum Gasteiger partial charge on any atom is -0.456 e. The Kier molecular flexibility index (Phi) is 7.20. The van der Waals surface area contributed by atoms with Gasteiger partial charge in [0.05, 0.1) is 12.1 Å². The van der Waals surface area contributed by atoms with Crippen LogP contribution in [0.4, 0.5) is 0 Å². The van der Waals surface area contributed by atoms with Gasteiger partial charge in [-0.1, -0.05) is 74.0 Å². The van der Waals surface area contributed by atoms with Gasteiger partial charge in [0.1, 0.15) is 5.60 Å². The second-order valence-electron chi connectivity index (χ2n) is 9.96. The fraction of sp³-hybridized carbons (Fsp3) is 0.290. The summed E-state index contributed by atoms with van der Waals surface area (Å²) < 4.78 is 7.51. The van der Waals surface area contributed by atoms with Crippen molar-refractivity contribution >= 4 is 16.7 Å². The molecule has 0 N–H and O–H groups in total. The largest absolute Gasteiger partial charge is 0.456 e. The molecule has 1 aromatic heterocycles. The number of carbonyl (C=O) groups excluding carboxylic acids is 1. The number of hydrogen-bond acceptors (Lipinski definition) is 3. The number of unbranched alkanes of at least 4 members (excludes halogenated alkanes) is 1. The Bertz CT molecular complexity index is 1390. The normalized spacial score (nSPS) is 11.5.